The summed E-state index contributed by atoms with van der Waals surface area (Å²) in [5.74, 6) is 1.12. The number of aromatic nitrogens is 4. The summed E-state index contributed by atoms with van der Waals surface area (Å²) in [6.07, 6.45) is 3.86. The van der Waals surface area contributed by atoms with E-state index < -0.39 is 0 Å². The van der Waals surface area contributed by atoms with Crippen molar-refractivity contribution in [1.29, 1.82) is 0 Å². The second kappa shape index (κ2) is 4.70. The second-order valence-electron chi connectivity index (χ2n) is 2.91. The van der Waals surface area contributed by atoms with E-state index in [1.54, 1.807) is 0 Å². The first-order valence-corrected chi connectivity index (χ1v) is 5.00. The average Bonchev–Trinajstić information content (AvgIpc) is 2.80. The fourth-order valence-corrected chi connectivity index (χ4v) is 1.30. The summed E-state index contributed by atoms with van der Waals surface area (Å²) in [5.41, 5.74) is 2.04. The number of tetrazole rings is 1. The minimum absolute atomic E-state index is 0.520. The summed E-state index contributed by atoms with van der Waals surface area (Å²) in [6.45, 7) is 0. The molecule has 0 aliphatic heterocycles. The van der Waals surface area contributed by atoms with E-state index >= 15 is 0 Å². The maximum absolute atomic E-state index is 5.54. The Balaban J connectivity index is 2.21. The number of alkyl halides is 1. The van der Waals surface area contributed by atoms with Crippen molar-refractivity contribution < 1.29 is 0 Å². The van der Waals surface area contributed by atoms with Gasteiger partial charge in [0.1, 0.15) is 0 Å². The van der Waals surface area contributed by atoms with Crippen molar-refractivity contribution >= 4 is 17.7 Å². The predicted octanol–water partition coefficient (Wildman–Crippen LogP) is 2.12. The number of hydrogen-bond donors (Lipinski definition) is 1. The van der Waals surface area contributed by atoms with E-state index in [9.17, 15) is 0 Å². The topological polar surface area (TPSA) is 54.5 Å². The van der Waals surface area contributed by atoms with Crippen LogP contribution >= 0.6 is 11.6 Å². The molecule has 0 saturated carbocycles. The Kier molecular flexibility index (Phi) is 3.09. The van der Waals surface area contributed by atoms with Gasteiger partial charge in [-0.3, -0.25) is 0 Å². The first kappa shape index (κ1) is 9.86. The molecule has 0 bridgehead atoms. The molecule has 0 radical (unpaired) electrons. The SMILES string of the molecule is ClCC=Cc1ccc(-c2nn[nH]n2)cc1. The van der Waals surface area contributed by atoms with E-state index in [1.165, 1.54) is 0 Å². The summed E-state index contributed by atoms with van der Waals surface area (Å²) in [4.78, 5) is 0. The lowest BCUT2D eigenvalue weighted by molar-refractivity contribution is 0.881. The zero-order valence-corrected chi connectivity index (χ0v) is 8.65. The molecule has 1 aromatic carbocycles. The summed E-state index contributed by atoms with van der Waals surface area (Å²) in [7, 11) is 0. The van der Waals surface area contributed by atoms with Crippen LogP contribution in [0.25, 0.3) is 17.5 Å². The van der Waals surface area contributed by atoms with Gasteiger partial charge in [-0.1, -0.05) is 36.4 Å². The van der Waals surface area contributed by atoms with Crippen molar-refractivity contribution in [2.45, 2.75) is 0 Å². The van der Waals surface area contributed by atoms with Crippen molar-refractivity contribution in [3.63, 3.8) is 0 Å². The summed E-state index contributed by atoms with van der Waals surface area (Å²) < 4.78 is 0. The lowest BCUT2D eigenvalue weighted by atomic mass is 10.1. The summed E-state index contributed by atoms with van der Waals surface area (Å²) >= 11 is 5.54. The lowest BCUT2D eigenvalue weighted by Crippen LogP contribution is -1.81. The first-order chi connectivity index (χ1) is 7.40. The van der Waals surface area contributed by atoms with Gasteiger partial charge in [-0.15, -0.1) is 21.8 Å². The largest absolute Gasteiger partial charge is 0.204 e. The summed E-state index contributed by atoms with van der Waals surface area (Å²) in [5, 5.41) is 13.7. The van der Waals surface area contributed by atoms with Crippen molar-refractivity contribution in [3.05, 3.63) is 35.9 Å². The molecule has 0 unspecified atom stereocenters. The third-order valence-corrected chi connectivity index (χ3v) is 2.09. The van der Waals surface area contributed by atoms with E-state index in [-0.39, 0.29) is 0 Å². The molecule has 0 amide bonds. The maximum atomic E-state index is 5.54. The van der Waals surface area contributed by atoms with Crippen molar-refractivity contribution in [1.82, 2.24) is 20.6 Å². The maximum Gasteiger partial charge on any atom is 0.204 e. The molecule has 0 saturated heterocycles. The molecule has 76 valence electrons. The number of hydrogen-bond acceptors (Lipinski definition) is 3. The number of nitrogens with zero attached hydrogens (tertiary/aromatic N) is 3. The van der Waals surface area contributed by atoms with Crippen LogP contribution in [0, 0.1) is 0 Å². The molecule has 1 aromatic heterocycles. The average molecular weight is 221 g/mol. The highest BCUT2D eigenvalue weighted by Gasteiger charge is 2.00. The van der Waals surface area contributed by atoms with Gasteiger partial charge in [0.2, 0.25) is 5.82 Å². The second-order valence-corrected chi connectivity index (χ2v) is 3.22. The molecule has 4 nitrogen and oxygen atoms in total. The molecule has 0 fully saturated rings. The van der Waals surface area contributed by atoms with E-state index in [4.69, 9.17) is 11.6 Å². The fraction of sp³-hybridized carbons (Fsp3) is 0.100. The normalized spacial score (nSPS) is 11.0. The zero-order chi connectivity index (χ0) is 10.5. The Labute approximate surface area is 92.0 Å². The van der Waals surface area contributed by atoms with Gasteiger partial charge in [0.05, 0.1) is 0 Å². The van der Waals surface area contributed by atoms with Crippen LogP contribution in [0.5, 0.6) is 0 Å². The van der Waals surface area contributed by atoms with Crippen LogP contribution in [0.2, 0.25) is 0 Å². The molecule has 0 spiro atoms. The molecule has 15 heavy (non-hydrogen) atoms. The van der Waals surface area contributed by atoms with Gasteiger partial charge in [0.15, 0.2) is 0 Å². The third-order valence-electron chi connectivity index (χ3n) is 1.91. The van der Waals surface area contributed by atoms with E-state index in [2.05, 4.69) is 20.6 Å². The molecule has 0 aliphatic carbocycles. The van der Waals surface area contributed by atoms with Crippen LogP contribution in [-0.2, 0) is 0 Å². The summed E-state index contributed by atoms with van der Waals surface area (Å²) in [6, 6.07) is 7.85. The van der Waals surface area contributed by atoms with Gasteiger partial charge in [0.25, 0.3) is 0 Å². The van der Waals surface area contributed by atoms with Crippen molar-refractivity contribution in [2.75, 3.05) is 5.88 Å². The van der Waals surface area contributed by atoms with Crippen LogP contribution < -0.4 is 0 Å². The van der Waals surface area contributed by atoms with Crippen LogP contribution in [-0.4, -0.2) is 26.5 Å². The molecule has 0 atom stereocenters. The highest BCUT2D eigenvalue weighted by molar-refractivity contribution is 6.19. The quantitative estimate of drug-likeness (QED) is 0.807. The molecule has 5 heteroatoms. The molecular formula is C10H9ClN4. The van der Waals surface area contributed by atoms with Gasteiger partial charge >= 0.3 is 0 Å². The van der Waals surface area contributed by atoms with E-state index in [0.717, 1.165) is 11.1 Å². The standard InChI is InChI=1S/C10H9ClN4/c11-7-1-2-8-3-5-9(6-4-8)10-12-14-15-13-10/h1-6H,7H2,(H,12,13,14,15). The molecule has 0 aliphatic rings. The predicted molar refractivity (Wildman–Crippen MR) is 59.4 cm³/mol. The highest BCUT2D eigenvalue weighted by atomic mass is 35.5. The van der Waals surface area contributed by atoms with Crippen LogP contribution in [0.1, 0.15) is 5.56 Å². The Morgan fingerprint density at radius 3 is 2.67 bits per heavy atom. The number of aromatic amines is 1. The monoisotopic (exact) mass is 220 g/mol. The minimum Gasteiger partial charge on any atom is -0.177 e. The Hall–Kier alpha value is -1.68. The van der Waals surface area contributed by atoms with Crippen LogP contribution in [0.3, 0.4) is 0 Å². The van der Waals surface area contributed by atoms with Gasteiger partial charge in [-0.25, -0.2) is 0 Å². The van der Waals surface area contributed by atoms with Crippen LogP contribution in [0.15, 0.2) is 30.3 Å². The van der Waals surface area contributed by atoms with E-state index in [1.807, 2.05) is 36.4 Å². The molecule has 1 N–H and O–H groups in total. The Morgan fingerprint density at radius 2 is 2.07 bits per heavy atom. The van der Waals surface area contributed by atoms with Gasteiger partial charge in [-0.2, -0.15) is 5.21 Å². The first-order valence-electron chi connectivity index (χ1n) is 4.46. The number of halogens is 1. The van der Waals surface area contributed by atoms with Gasteiger partial charge < -0.3 is 0 Å². The number of allylic oxidation sites excluding steroid dienone is 1. The smallest absolute Gasteiger partial charge is 0.177 e. The Bertz CT molecular complexity index is 433. The van der Waals surface area contributed by atoms with E-state index in [0.29, 0.717) is 11.7 Å². The number of rotatable bonds is 3. The number of nitrogens with one attached hydrogen (secondary N) is 1. The zero-order valence-electron chi connectivity index (χ0n) is 7.89. The molecule has 2 aromatic rings. The Morgan fingerprint density at radius 1 is 1.27 bits per heavy atom. The highest BCUT2D eigenvalue weighted by Crippen LogP contribution is 2.14. The van der Waals surface area contributed by atoms with Crippen LogP contribution in [0.4, 0.5) is 0 Å². The molecule has 1 heterocycles. The minimum atomic E-state index is 0.520. The number of benzene rings is 1. The number of H-pyrrole nitrogens is 1. The molecule has 2 rings (SSSR count). The third kappa shape index (κ3) is 2.41. The molecular weight excluding hydrogens is 212 g/mol. The van der Waals surface area contributed by atoms with Gasteiger partial charge in [-0.05, 0) is 10.8 Å². The van der Waals surface area contributed by atoms with Crippen molar-refractivity contribution in [2.24, 2.45) is 0 Å². The van der Waals surface area contributed by atoms with Gasteiger partial charge in [0, 0.05) is 11.4 Å². The lowest BCUT2D eigenvalue weighted by Gasteiger charge is -1.95. The fourth-order valence-electron chi connectivity index (χ4n) is 1.21. The van der Waals surface area contributed by atoms with Crippen molar-refractivity contribution in [3.8, 4) is 11.4 Å².